The number of nitrogens with zero attached hydrogens (tertiary/aromatic N) is 3. The first kappa shape index (κ1) is 19.9. The molecular weight excluding hydrogens is 379 g/mol. The molecule has 1 atom stereocenters. The Bertz CT molecular complexity index is 942. The maximum absolute atomic E-state index is 12.9. The molecule has 28 heavy (non-hydrogen) atoms. The molecule has 0 saturated carbocycles. The molecule has 0 aliphatic carbocycles. The van der Waals surface area contributed by atoms with E-state index in [-0.39, 0.29) is 17.0 Å². The largest absolute Gasteiger partial charge is 0.497 e. The summed E-state index contributed by atoms with van der Waals surface area (Å²) < 4.78 is 20.0. The lowest BCUT2D eigenvalue weighted by Gasteiger charge is -2.12. The maximum Gasteiger partial charge on any atom is 0.233 e. The molecule has 0 radical (unpaired) electrons. The summed E-state index contributed by atoms with van der Waals surface area (Å²) in [5.74, 6) is 1.06. The molecule has 3 aromatic rings. The first-order valence-electron chi connectivity index (χ1n) is 8.70. The second-order valence-electron chi connectivity index (χ2n) is 6.20. The van der Waals surface area contributed by atoms with Gasteiger partial charge < -0.3 is 14.6 Å². The minimum absolute atomic E-state index is 0.122. The number of carbonyl (C=O) groups is 1. The van der Waals surface area contributed by atoms with Gasteiger partial charge in [-0.1, -0.05) is 23.9 Å². The maximum atomic E-state index is 12.9. The normalized spacial score (nSPS) is 11.9. The van der Waals surface area contributed by atoms with E-state index in [4.69, 9.17) is 4.74 Å². The number of carbonyl (C=O) groups excluding carboxylic acids is 1. The lowest BCUT2D eigenvalue weighted by molar-refractivity contribution is -0.120. The summed E-state index contributed by atoms with van der Waals surface area (Å²) >= 11 is 1.33. The zero-order chi connectivity index (χ0) is 20.1. The van der Waals surface area contributed by atoms with Gasteiger partial charge in [0.25, 0.3) is 0 Å². The lowest BCUT2D eigenvalue weighted by atomic mass is 10.2. The van der Waals surface area contributed by atoms with Crippen molar-refractivity contribution in [3.8, 4) is 17.1 Å². The predicted octanol–water partition coefficient (Wildman–Crippen LogP) is 3.43. The smallest absolute Gasteiger partial charge is 0.233 e. The predicted molar refractivity (Wildman–Crippen MR) is 107 cm³/mol. The Hall–Kier alpha value is -2.87. The minimum Gasteiger partial charge on any atom is -0.497 e. The van der Waals surface area contributed by atoms with Crippen LogP contribution in [-0.4, -0.2) is 33.0 Å². The van der Waals surface area contributed by atoms with E-state index in [9.17, 15) is 9.18 Å². The standard InChI is InChI=1S/C20H21FN4O2S/c1-13(19(26)22-12-14-4-8-16(21)9-5-14)28-20-24-23-18(25(20)2)15-6-10-17(27-3)11-7-15/h4-11,13H,12H2,1-3H3,(H,22,26). The third-order valence-corrected chi connectivity index (χ3v) is 5.35. The molecule has 6 nitrogen and oxygen atoms in total. The van der Waals surface area contributed by atoms with Crippen LogP contribution in [0.1, 0.15) is 12.5 Å². The van der Waals surface area contributed by atoms with Gasteiger partial charge in [0, 0.05) is 19.2 Å². The average Bonchev–Trinajstić information content (AvgIpc) is 3.07. The number of hydrogen-bond acceptors (Lipinski definition) is 5. The van der Waals surface area contributed by atoms with Gasteiger partial charge in [-0.05, 0) is 48.9 Å². The van der Waals surface area contributed by atoms with Gasteiger partial charge in [-0.15, -0.1) is 10.2 Å². The van der Waals surface area contributed by atoms with Crippen molar-refractivity contribution in [3.05, 3.63) is 59.9 Å². The highest BCUT2D eigenvalue weighted by Gasteiger charge is 2.19. The van der Waals surface area contributed by atoms with Crippen LogP contribution in [0.4, 0.5) is 4.39 Å². The first-order valence-corrected chi connectivity index (χ1v) is 9.58. The number of hydrogen-bond donors (Lipinski definition) is 1. The number of benzene rings is 2. The van der Waals surface area contributed by atoms with Crippen LogP contribution in [0.15, 0.2) is 53.7 Å². The minimum atomic E-state index is -0.355. The van der Waals surface area contributed by atoms with E-state index in [0.717, 1.165) is 16.9 Å². The Morgan fingerprint density at radius 3 is 2.50 bits per heavy atom. The fourth-order valence-electron chi connectivity index (χ4n) is 2.56. The van der Waals surface area contributed by atoms with Crippen LogP contribution in [0, 0.1) is 5.82 Å². The molecule has 0 fully saturated rings. The Kier molecular flexibility index (Phi) is 6.30. The molecule has 1 aromatic heterocycles. The second-order valence-corrected chi connectivity index (χ2v) is 7.51. The fourth-order valence-corrected chi connectivity index (χ4v) is 3.39. The van der Waals surface area contributed by atoms with Gasteiger partial charge in [0.2, 0.25) is 5.91 Å². The number of halogens is 1. The molecule has 1 heterocycles. The molecule has 0 aliphatic rings. The van der Waals surface area contributed by atoms with E-state index >= 15 is 0 Å². The molecule has 146 valence electrons. The number of rotatable bonds is 7. The van der Waals surface area contributed by atoms with Gasteiger partial charge in [-0.3, -0.25) is 4.79 Å². The van der Waals surface area contributed by atoms with Crippen molar-refractivity contribution in [2.45, 2.75) is 23.9 Å². The van der Waals surface area contributed by atoms with Crippen molar-refractivity contribution >= 4 is 17.7 Å². The Labute approximate surface area is 167 Å². The van der Waals surface area contributed by atoms with Crippen molar-refractivity contribution in [1.29, 1.82) is 0 Å². The molecule has 8 heteroatoms. The lowest BCUT2D eigenvalue weighted by Crippen LogP contribution is -2.30. The van der Waals surface area contributed by atoms with Gasteiger partial charge in [-0.25, -0.2) is 4.39 Å². The van der Waals surface area contributed by atoms with Crippen molar-refractivity contribution in [2.75, 3.05) is 7.11 Å². The molecule has 1 amide bonds. The van der Waals surface area contributed by atoms with E-state index in [2.05, 4.69) is 15.5 Å². The Morgan fingerprint density at radius 2 is 1.86 bits per heavy atom. The zero-order valence-corrected chi connectivity index (χ0v) is 16.7. The number of thioether (sulfide) groups is 1. The monoisotopic (exact) mass is 400 g/mol. The summed E-state index contributed by atoms with van der Waals surface area (Å²) in [7, 11) is 3.49. The average molecular weight is 400 g/mol. The van der Waals surface area contributed by atoms with E-state index < -0.39 is 0 Å². The van der Waals surface area contributed by atoms with E-state index in [1.54, 1.807) is 19.2 Å². The number of amides is 1. The Balaban J connectivity index is 1.61. The summed E-state index contributed by atoms with van der Waals surface area (Å²) in [5, 5.41) is 11.6. The molecule has 1 N–H and O–H groups in total. The van der Waals surface area contributed by atoms with Crippen molar-refractivity contribution in [1.82, 2.24) is 20.1 Å². The van der Waals surface area contributed by atoms with Gasteiger partial charge in [0.1, 0.15) is 11.6 Å². The molecule has 2 aromatic carbocycles. The van der Waals surface area contributed by atoms with Gasteiger partial charge >= 0.3 is 0 Å². The van der Waals surface area contributed by atoms with Crippen LogP contribution in [0.25, 0.3) is 11.4 Å². The highest BCUT2D eigenvalue weighted by Crippen LogP contribution is 2.26. The van der Waals surface area contributed by atoms with Gasteiger partial charge in [0.15, 0.2) is 11.0 Å². The molecule has 0 aliphatic heterocycles. The molecule has 0 bridgehead atoms. The number of nitrogens with one attached hydrogen (secondary N) is 1. The molecule has 1 unspecified atom stereocenters. The topological polar surface area (TPSA) is 69.0 Å². The summed E-state index contributed by atoms with van der Waals surface area (Å²) in [5.41, 5.74) is 1.75. The third kappa shape index (κ3) is 4.69. The molecule has 3 rings (SSSR count). The van der Waals surface area contributed by atoms with Gasteiger partial charge in [-0.2, -0.15) is 0 Å². The zero-order valence-electron chi connectivity index (χ0n) is 15.8. The van der Waals surface area contributed by atoms with Crippen LogP contribution in [0.5, 0.6) is 5.75 Å². The van der Waals surface area contributed by atoms with Gasteiger partial charge in [0.05, 0.1) is 12.4 Å². The molecule has 0 spiro atoms. The van der Waals surface area contributed by atoms with E-state index in [0.29, 0.717) is 17.5 Å². The van der Waals surface area contributed by atoms with Crippen molar-refractivity contribution in [2.24, 2.45) is 7.05 Å². The molecular formula is C20H21FN4O2S. The highest BCUT2D eigenvalue weighted by molar-refractivity contribution is 8.00. The van der Waals surface area contributed by atoms with Crippen LogP contribution >= 0.6 is 11.8 Å². The first-order chi connectivity index (χ1) is 13.5. The Morgan fingerprint density at radius 1 is 1.18 bits per heavy atom. The van der Waals surface area contributed by atoms with Crippen LogP contribution in [-0.2, 0) is 18.4 Å². The summed E-state index contributed by atoms with van der Waals surface area (Å²) in [6, 6.07) is 13.6. The van der Waals surface area contributed by atoms with Crippen molar-refractivity contribution in [3.63, 3.8) is 0 Å². The number of aromatic nitrogens is 3. The fraction of sp³-hybridized carbons (Fsp3) is 0.250. The quantitative estimate of drug-likeness (QED) is 0.616. The summed E-state index contributed by atoms with van der Waals surface area (Å²) in [4.78, 5) is 12.4. The third-order valence-electron chi connectivity index (χ3n) is 4.21. The molecule has 0 saturated heterocycles. The summed E-state index contributed by atoms with van der Waals surface area (Å²) in [6.07, 6.45) is 0. The highest BCUT2D eigenvalue weighted by atomic mass is 32.2. The summed E-state index contributed by atoms with van der Waals surface area (Å²) in [6.45, 7) is 2.16. The number of methoxy groups -OCH3 is 1. The van der Waals surface area contributed by atoms with Crippen molar-refractivity contribution < 1.29 is 13.9 Å². The second kappa shape index (κ2) is 8.88. The number of ether oxygens (including phenoxy) is 1. The van der Waals surface area contributed by atoms with Crippen LogP contribution in [0.2, 0.25) is 0 Å². The van der Waals surface area contributed by atoms with Crippen LogP contribution in [0.3, 0.4) is 0 Å². The van der Waals surface area contributed by atoms with E-state index in [1.165, 1.54) is 23.9 Å². The van der Waals surface area contributed by atoms with Crippen LogP contribution < -0.4 is 10.1 Å². The SMILES string of the molecule is COc1ccc(-c2nnc(SC(C)C(=O)NCc3ccc(F)cc3)n2C)cc1. The van der Waals surface area contributed by atoms with E-state index in [1.807, 2.05) is 42.8 Å².